The summed E-state index contributed by atoms with van der Waals surface area (Å²) in [6.45, 7) is 2.86. The summed E-state index contributed by atoms with van der Waals surface area (Å²) in [6, 6.07) is 15.0. The molecule has 1 aliphatic heterocycles. The van der Waals surface area contributed by atoms with Gasteiger partial charge in [0.15, 0.2) is 0 Å². The van der Waals surface area contributed by atoms with E-state index in [1.807, 2.05) is 36.4 Å². The molecule has 0 amide bonds. The number of phenols is 1. The molecular weight excluding hydrogens is 490 g/mol. The van der Waals surface area contributed by atoms with E-state index in [2.05, 4.69) is 18.3 Å². The normalized spacial score (nSPS) is 26.6. The van der Waals surface area contributed by atoms with Gasteiger partial charge < -0.3 is 19.9 Å². The number of rotatable bonds is 10. The summed E-state index contributed by atoms with van der Waals surface area (Å²) in [5.41, 5.74) is 2.10. The molecule has 9 heteroatoms. The summed E-state index contributed by atoms with van der Waals surface area (Å²) < 4.78 is 41.4. The SMILES string of the molecule is COc1ccc(CN([C@H]2C[C@@H](C)N[C@H]2COC2CCC(c3cccc(O)c3)CC2)S(=O)(=O)N(C)C)cc1. The van der Waals surface area contributed by atoms with Crippen molar-refractivity contribution in [2.24, 2.45) is 0 Å². The first-order chi connectivity index (χ1) is 17.7. The molecule has 0 bridgehead atoms. The van der Waals surface area contributed by atoms with E-state index in [1.54, 1.807) is 31.6 Å². The lowest BCUT2D eigenvalue weighted by Crippen LogP contribution is -2.52. The molecule has 3 atom stereocenters. The van der Waals surface area contributed by atoms with Gasteiger partial charge in [-0.1, -0.05) is 24.3 Å². The van der Waals surface area contributed by atoms with E-state index < -0.39 is 10.2 Å². The van der Waals surface area contributed by atoms with Crippen molar-refractivity contribution < 1.29 is 23.0 Å². The van der Waals surface area contributed by atoms with Crippen molar-refractivity contribution in [3.63, 3.8) is 0 Å². The standard InChI is InChI=1S/C28H41N3O5S/c1-20-16-28(31(37(33,34)30(2)3)18-21-8-12-25(35-4)13-9-21)27(29-20)19-36-26-14-10-22(11-15-26)23-6-5-7-24(32)17-23/h5-9,12-13,17,20,22,26-29,32H,10-11,14-16,18-19H2,1-4H3/t20-,22?,26?,27+,28+/m1/s1. The lowest BCUT2D eigenvalue weighted by molar-refractivity contribution is 0.00750. The molecule has 1 saturated heterocycles. The van der Waals surface area contributed by atoms with Crippen molar-refractivity contribution in [2.45, 2.75) is 75.7 Å². The first kappa shape index (κ1) is 27.9. The number of aromatic hydroxyl groups is 1. The second-order valence-electron chi connectivity index (χ2n) is 10.6. The van der Waals surface area contributed by atoms with Crippen molar-refractivity contribution in [1.29, 1.82) is 0 Å². The van der Waals surface area contributed by atoms with E-state index in [1.165, 1.54) is 9.87 Å². The van der Waals surface area contributed by atoms with Gasteiger partial charge >= 0.3 is 0 Å². The molecule has 2 N–H and O–H groups in total. The van der Waals surface area contributed by atoms with Gasteiger partial charge in [0.25, 0.3) is 10.2 Å². The van der Waals surface area contributed by atoms with Crippen LogP contribution in [0.25, 0.3) is 0 Å². The van der Waals surface area contributed by atoms with Crippen molar-refractivity contribution in [1.82, 2.24) is 13.9 Å². The predicted molar refractivity (Wildman–Crippen MR) is 145 cm³/mol. The maximum Gasteiger partial charge on any atom is 0.282 e. The van der Waals surface area contributed by atoms with Crippen LogP contribution >= 0.6 is 0 Å². The van der Waals surface area contributed by atoms with Gasteiger partial charge in [-0.25, -0.2) is 0 Å². The van der Waals surface area contributed by atoms with Crippen LogP contribution in [-0.2, 0) is 21.5 Å². The first-order valence-electron chi connectivity index (χ1n) is 13.2. The molecule has 0 unspecified atom stereocenters. The van der Waals surface area contributed by atoms with E-state index in [-0.39, 0.29) is 30.8 Å². The molecule has 0 aromatic heterocycles. The average molecular weight is 532 g/mol. The van der Waals surface area contributed by atoms with Crippen LogP contribution in [-0.4, -0.2) is 74.2 Å². The Hall–Kier alpha value is -2.17. The Bertz CT molecular complexity index is 1120. The quantitative estimate of drug-likeness (QED) is 0.484. The minimum absolute atomic E-state index is 0.0910. The highest BCUT2D eigenvalue weighted by Gasteiger charge is 2.42. The maximum atomic E-state index is 13.4. The molecule has 1 heterocycles. The van der Waals surface area contributed by atoms with E-state index in [0.717, 1.165) is 43.4 Å². The summed E-state index contributed by atoms with van der Waals surface area (Å²) in [7, 11) is 1.12. The van der Waals surface area contributed by atoms with Crippen LogP contribution < -0.4 is 10.1 Å². The van der Waals surface area contributed by atoms with Crippen LogP contribution in [0.5, 0.6) is 11.5 Å². The van der Waals surface area contributed by atoms with Crippen molar-refractivity contribution in [3.05, 3.63) is 59.7 Å². The Morgan fingerprint density at radius 1 is 1.05 bits per heavy atom. The van der Waals surface area contributed by atoms with Crippen LogP contribution in [0.3, 0.4) is 0 Å². The smallest absolute Gasteiger partial charge is 0.282 e. The Kier molecular flexibility index (Phi) is 9.13. The zero-order chi connectivity index (χ0) is 26.6. The number of ether oxygens (including phenoxy) is 2. The van der Waals surface area contributed by atoms with Gasteiger partial charge in [-0.05, 0) is 80.3 Å². The molecule has 0 spiro atoms. The second kappa shape index (κ2) is 12.1. The monoisotopic (exact) mass is 531 g/mol. The topological polar surface area (TPSA) is 91.3 Å². The van der Waals surface area contributed by atoms with Crippen LogP contribution in [0.1, 0.15) is 56.1 Å². The molecule has 0 radical (unpaired) electrons. The number of nitrogens with one attached hydrogen (secondary N) is 1. The zero-order valence-corrected chi connectivity index (χ0v) is 23.2. The van der Waals surface area contributed by atoms with E-state index in [9.17, 15) is 13.5 Å². The summed E-state index contributed by atoms with van der Waals surface area (Å²) in [5, 5.41) is 13.4. The predicted octanol–water partition coefficient (Wildman–Crippen LogP) is 3.87. The van der Waals surface area contributed by atoms with E-state index >= 15 is 0 Å². The van der Waals surface area contributed by atoms with Crippen LogP contribution in [0.4, 0.5) is 0 Å². The summed E-state index contributed by atoms with van der Waals surface area (Å²) >= 11 is 0. The van der Waals surface area contributed by atoms with Gasteiger partial charge in [-0.3, -0.25) is 0 Å². The van der Waals surface area contributed by atoms with E-state index in [0.29, 0.717) is 18.3 Å². The lowest BCUT2D eigenvalue weighted by Gasteiger charge is -2.35. The van der Waals surface area contributed by atoms with Gasteiger partial charge in [-0.2, -0.15) is 17.0 Å². The van der Waals surface area contributed by atoms with Gasteiger partial charge in [-0.15, -0.1) is 0 Å². The molecule has 2 aromatic rings. The van der Waals surface area contributed by atoms with Crippen LogP contribution in [0.15, 0.2) is 48.5 Å². The summed E-state index contributed by atoms with van der Waals surface area (Å²) in [6.07, 6.45) is 4.83. The molecule has 4 rings (SSSR count). The second-order valence-corrected chi connectivity index (χ2v) is 12.7. The summed E-state index contributed by atoms with van der Waals surface area (Å²) in [5.74, 6) is 1.50. The molecule has 2 aliphatic rings. The van der Waals surface area contributed by atoms with Crippen LogP contribution in [0, 0.1) is 0 Å². The lowest BCUT2D eigenvalue weighted by atomic mass is 9.82. The third kappa shape index (κ3) is 6.83. The van der Waals surface area contributed by atoms with Crippen LogP contribution in [0.2, 0.25) is 0 Å². The molecule has 1 saturated carbocycles. The Morgan fingerprint density at radius 3 is 2.38 bits per heavy atom. The highest BCUT2D eigenvalue weighted by Crippen LogP contribution is 2.35. The highest BCUT2D eigenvalue weighted by molar-refractivity contribution is 7.86. The number of methoxy groups -OCH3 is 1. The third-order valence-electron chi connectivity index (χ3n) is 7.71. The number of hydrogen-bond acceptors (Lipinski definition) is 6. The first-order valence-corrected chi connectivity index (χ1v) is 14.6. The molecule has 8 nitrogen and oxygen atoms in total. The summed E-state index contributed by atoms with van der Waals surface area (Å²) in [4.78, 5) is 0. The molecule has 2 aromatic carbocycles. The van der Waals surface area contributed by atoms with Crippen molar-refractivity contribution in [2.75, 3.05) is 27.8 Å². The maximum absolute atomic E-state index is 13.4. The Balaban J connectivity index is 1.41. The third-order valence-corrected chi connectivity index (χ3v) is 9.63. The molecule has 2 fully saturated rings. The largest absolute Gasteiger partial charge is 0.508 e. The van der Waals surface area contributed by atoms with Gasteiger partial charge in [0.2, 0.25) is 0 Å². The fraction of sp³-hybridized carbons (Fsp3) is 0.571. The number of phenolic OH excluding ortho intramolecular Hbond substituents is 1. The molecule has 1 aliphatic carbocycles. The van der Waals surface area contributed by atoms with Gasteiger partial charge in [0.1, 0.15) is 11.5 Å². The zero-order valence-electron chi connectivity index (χ0n) is 22.3. The van der Waals surface area contributed by atoms with Gasteiger partial charge in [0.05, 0.1) is 19.8 Å². The number of nitrogens with zero attached hydrogens (tertiary/aromatic N) is 2. The Morgan fingerprint density at radius 2 is 1.76 bits per heavy atom. The molecule has 204 valence electrons. The fourth-order valence-electron chi connectivity index (χ4n) is 5.62. The molecule has 37 heavy (non-hydrogen) atoms. The average Bonchev–Trinajstić information content (AvgIpc) is 3.26. The highest BCUT2D eigenvalue weighted by atomic mass is 32.2. The van der Waals surface area contributed by atoms with E-state index in [4.69, 9.17) is 9.47 Å². The minimum atomic E-state index is -3.66. The van der Waals surface area contributed by atoms with Gasteiger partial charge in [0, 0.05) is 38.8 Å². The number of benzene rings is 2. The fourth-order valence-corrected chi connectivity index (χ4v) is 6.93. The van der Waals surface area contributed by atoms with Crippen molar-refractivity contribution >= 4 is 10.2 Å². The van der Waals surface area contributed by atoms with Crippen molar-refractivity contribution in [3.8, 4) is 11.5 Å². The Labute approximate surface area is 221 Å². The minimum Gasteiger partial charge on any atom is -0.508 e. The molecular formula is C28H41N3O5S. The number of hydrogen-bond donors (Lipinski definition) is 2.